The molecule has 0 bridgehead atoms. The summed E-state index contributed by atoms with van der Waals surface area (Å²) >= 11 is 0. The summed E-state index contributed by atoms with van der Waals surface area (Å²) in [6.45, 7) is 4.66. The van der Waals surface area contributed by atoms with Gasteiger partial charge in [0.1, 0.15) is 0 Å². The minimum absolute atomic E-state index is 0.0907. The first-order valence-electron chi connectivity index (χ1n) is 2.49. The van der Waals surface area contributed by atoms with Gasteiger partial charge >= 0.3 is 11.7 Å². The van der Waals surface area contributed by atoms with Gasteiger partial charge in [0.05, 0.1) is 12.8 Å². The molecule has 0 rings (SSSR count). The average molecular weight is 162 g/mol. The lowest BCUT2D eigenvalue weighted by atomic mass is 10.8. The SMILES string of the molecule is [CH]COC(=O)CPC(=O)O. The highest BCUT2D eigenvalue weighted by atomic mass is 31.1. The first kappa shape index (κ1) is 9.37. The number of rotatable bonds is 4. The quantitative estimate of drug-likeness (QED) is 0.485. The van der Waals surface area contributed by atoms with Crippen molar-refractivity contribution >= 4 is 20.3 Å². The summed E-state index contributed by atoms with van der Waals surface area (Å²) in [5.74, 6) is -0.566. The van der Waals surface area contributed by atoms with Crippen LogP contribution in [0.15, 0.2) is 0 Å². The molecule has 1 N–H and O–H groups in total. The second-order valence-electron chi connectivity index (χ2n) is 1.34. The van der Waals surface area contributed by atoms with E-state index in [-0.39, 0.29) is 12.8 Å². The van der Waals surface area contributed by atoms with Crippen LogP contribution in [0.2, 0.25) is 0 Å². The monoisotopic (exact) mass is 162 g/mol. The Morgan fingerprint density at radius 1 is 1.60 bits per heavy atom. The number of carboxylic acid groups (broad SMARTS) is 1. The van der Waals surface area contributed by atoms with Crippen LogP contribution in [0.25, 0.3) is 0 Å². The van der Waals surface area contributed by atoms with Crippen molar-refractivity contribution in [1.82, 2.24) is 0 Å². The van der Waals surface area contributed by atoms with Crippen molar-refractivity contribution in [3.05, 3.63) is 6.92 Å². The highest BCUT2D eigenvalue weighted by molar-refractivity contribution is 7.57. The summed E-state index contributed by atoms with van der Waals surface area (Å²) in [7, 11) is -0.435. The first-order chi connectivity index (χ1) is 4.66. The molecule has 0 aromatic carbocycles. The molecule has 0 aliphatic rings. The van der Waals surface area contributed by atoms with E-state index < -0.39 is 20.3 Å². The summed E-state index contributed by atoms with van der Waals surface area (Å²) < 4.78 is 4.27. The lowest BCUT2D eigenvalue weighted by molar-refractivity contribution is -0.139. The van der Waals surface area contributed by atoms with Gasteiger partial charge in [-0.1, -0.05) is 0 Å². The molecule has 0 aliphatic carbocycles. The fraction of sp³-hybridized carbons (Fsp3) is 0.400. The van der Waals surface area contributed by atoms with Crippen LogP contribution in [0, 0.1) is 6.92 Å². The molecule has 0 spiro atoms. The summed E-state index contributed by atoms with van der Waals surface area (Å²) in [6.07, 6.45) is -0.0907. The second kappa shape index (κ2) is 5.18. The smallest absolute Gasteiger partial charge is 0.321 e. The van der Waals surface area contributed by atoms with E-state index in [2.05, 4.69) is 4.74 Å². The fourth-order valence-corrected chi connectivity index (χ4v) is 0.689. The summed E-state index contributed by atoms with van der Waals surface area (Å²) in [4.78, 5) is 20.3. The Bertz CT molecular complexity index is 134. The van der Waals surface area contributed by atoms with Gasteiger partial charge in [-0.3, -0.25) is 4.79 Å². The van der Waals surface area contributed by atoms with Crippen LogP contribution in [0.3, 0.4) is 0 Å². The Hall–Kier alpha value is -0.630. The van der Waals surface area contributed by atoms with Crippen LogP contribution in [0.5, 0.6) is 0 Å². The molecule has 0 fully saturated rings. The molecule has 0 amide bonds. The minimum Gasteiger partial charge on any atom is -0.478 e. The molecule has 1 unspecified atom stereocenters. The topological polar surface area (TPSA) is 63.6 Å². The van der Waals surface area contributed by atoms with E-state index in [9.17, 15) is 9.59 Å². The number of hydrogen-bond acceptors (Lipinski definition) is 3. The van der Waals surface area contributed by atoms with E-state index in [4.69, 9.17) is 12.0 Å². The number of ether oxygens (including phenoxy) is 1. The Balaban J connectivity index is 3.30. The standard InChI is InChI=1S/C5H7O4P/c1-2-9-4(6)3-10-5(7)8/h1,10H,2-3H2,(H,7,8). The lowest BCUT2D eigenvalue weighted by Crippen LogP contribution is -2.06. The van der Waals surface area contributed by atoms with Crippen molar-refractivity contribution in [1.29, 1.82) is 0 Å². The predicted molar refractivity (Wildman–Crippen MR) is 36.5 cm³/mol. The van der Waals surface area contributed by atoms with Gasteiger partial charge in [-0.25, -0.2) is 4.79 Å². The van der Waals surface area contributed by atoms with Gasteiger partial charge in [-0.15, -0.1) is 0 Å². The maximum atomic E-state index is 10.4. The van der Waals surface area contributed by atoms with Gasteiger partial charge in [-0.05, 0) is 0 Å². The van der Waals surface area contributed by atoms with Crippen LogP contribution in [-0.4, -0.2) is 29.6 Å². The first-order valence-corrected chi connectivity index (χ1v) is 3.70. The number of carbonyl (C=O) groups excluding carboxylic acids is 1. The molecule has 1 atom stereocenters. The van der Waals surface area contributed by atoms with Gasteiger partial charge in [-0.2, -0.15) is 0 Å². The van der Waals surface area contributed by atoms with Crippen molar-refractivity contribution in [3.8, 4) is 0 Å². The van der Waals surface area contributed by atoms with Crippen LogP contribution >= 0.6 is 8.58 Å². The van der Waals surface area contributed by atoms with Gasteiger partial charge in [0, 0.05) is 15.5 Å². The molecule has 0 saturated heterocycles. The van der Waals surface area contributed by atoms with Gasteiger partial charge in [0.2, 0.25) is 0 Å². The molecule has 0 heterocycles. The number of esters is 1. The van der Waals surface area contributed by atoms with Crippen molar-refractivity contribution in [2.45, 2.75) is 0 Å². The zero-order valence-corrected chi connectivity index (χ0v) is 6.16. The average Bonchev–Trinajstić information content (AvgIpc) is 1.85. The fourth-order valence-electron chi connectivity index (χ4n) is 0.292. The van der Waals surface area contributed by atoms with E-state index in [1.165, 1.54) is 0 Å². The van der Waals surface area contributed by atoms with E-state index in [1.54, 1.807) is 0 Å². The highest BCUT2D eigenvalue weighted by Crippen LogP contribution is 2.09. The summed E-state index contributed by atoms with van der Waals surface area (Å²) in [6, 6.07) is 0. The minimum atomic E-state index is -0.992. The summed E-state index contributed by atoms with van der Waals surface area (Å²) in [5, 5.41) is 8.10. The van der Waals surface area contributed by atoms with Crippen molar-refractivity contribution in [3.63, 3.8) is 0 Å². The molecule has 4 nitrogen and oxygen atoms in total. The predicted octanol–water partition coefficient (Wildman–Crippen LogP) is 0.597. The molecule has 0 aliphatic heterocycles. The zero-order valence-electron chi connectivity index (χ0n) is 5.16. The molecule has 56 valence electrons. The Morgan fingerprint density at radius 2 is 2.20 bits per heavy atom. The Morgan fingerprint density at radius 3 is 2.60 bits per heavy atom. The zero-order chi connectivity index (χ0) is 7.98. The van der Waals surface area contributed by atoms with E-state index in [0.717, 1.165) is 0 Å². The van der Waals surface area contributed by atoms with E-state index in [1.807, 2.05) is 0 Å². The second-order valence-corrected chi connectivity index (χ2v) is 2.48. The van der Waals surface area contributed by atoms with Crippen molar-refractivity contribution < 1.29 is 19.4 Å². The number of hydrogen-bond donors (Lipinski definition) is 1. The molecular weight excluding hydrogens is 155 g/mol. The van der Waals surface area contributed by atoms with E-state index in [0.29, 0.717) is 0 Å². The Kier molecular flexibility index (Phi) is 4.85. The van der Waals surface area contributed by atoms with Gasteiger partial charge in [0.25, 0.3) is 0 Å². The van der Waals surface area contributed by atoms with Crippen LogP contribution in [-0.2, 0) is 9.53 Å². The molecule has 0 saturated carbocycles. The summed E-state index contributed by atoms with van der Waals surface area (Å²) in [5.41, 5.74) is -0.992. The van der Waals surface area contributed by atoms with Crippen LogP contribution in [0.4, 0.5) is 4.79 Å². The normalized spacial score (nSPS) is 10.1. The van der Waals surface area contributed by atoms with Crippen molar-refractivity contribution in [2.75, 3.05) is 12.8 Å². The maximum Gasteiger partial charge on any atom is 0.321 e. The molecule has 5 heteroatoms. The van der Waals surface area contributed by atoms with E-state index >= 15 is 0 Å². The molecule has 0 aromatic rings. The van der Waals surface area contributed by atoms with Crippen LogP contribution in [0.1, 0.15) is 0 Å². The van der Waals surface area contributed by atoms with Crippen molar-refractivity contribution in [2.24, 2.45) is 0 Å². The van der Waals surface area contributed by atoms with Crippen LogP contribution < -0.4 is 0 Å². The van der Waals surface area contributed by atoms with Gasteiger partial charge in [0.15, 0.2) is 0 Å². The molecule has 10 heavy (non-hydrogen) atoms. The highest BCUT2D eigenvalue weighted by Gasteiger charge is 2.04. The number of carbonyl (C=O) groups is 2. The third-order valence-electron chi connectivity index (χ3n) is 0.628. The molecular formula is C5H7O4P. The Labute approximate surface area is 60.3 Å². The largest absolute Gasteiger partial charge is 0.478 e. The lowest BCUT2D eigenvalue weighted by Gasteiger charge is -1.97. The molecule has 2 radical (unpaired) electrons. The maximum absolute atomic E-state index is 10.4. The molecule has 0 aromatic heterocycles. The third-order valence-corrected chi connectivity index (χ3v) is 1.40. The third kappa shape index (κ3) is 5.51. The van der Waals surface area contributed by atoms with Gasteiger partial charge < -0.3 is 9.84 Å².